The van der Waals surface area contributed by atoms with Crippen molar-refractivity contribution >= 4 is 11.3 Å². The Labute approximate surface area is 126 Å². The van der Waals surface area contributed by atoms with Gasteiger partial charge in [0.2, 0.25) is 0 Å². The maximum absolute atomic E-state index is 10.0. The highest BCUT2D eigenvalue weighted by Gasteiger charge is 2.14. The van der Waals surface area contributed by atoms with Crippen LogP contribution in [0, 0.1) is 25.2 Å². The van der Waals surface area contributed by atoms with E-state index in [1.54, 1.807) is 0 Å². The zero-order valence-corrected chi connectivity index (χ0v) is 13.4. The van der Waals surface area contributed by atoms with Gasteiger partial charge in [-0.15, -0.1) is 17.8 Å². The molecule has 0 radical (unpaired) electrons. The van der Waals surface area contributed by atoms with E-state index in [4.69, 9.17) is 11.2 Å². The summed E-state index contributed by atoms with van der Waals surface area (Å²) in [6.07, 6.45) is 4.62. The maximum Gasteiger partial charge on any atom is 0.107 e. The van der Waals surface area contributed by atoms with Crippen LogP contribution in [-0.2, 0) is 11.3 Å². The summed E-state index contributed by atoms with van der Waals surface area (Å²) in [5.41, 5.74) is 0. The summed E-state index contributed by atoms with van der Waals surface area (Å²) in [6.45, 7) is 9.49. The molecule has 3 nitrogen and oxygen atoms in total. The van der Waals surface area contributed by atoms with Gasteiger partial charge < -0.3 is 9.84 Å². The van der Waals surface area contributed by atoms with Crippen LogP contribution in [0.15, 0.2) is 12.1 Å². The molecule has 4 heteroatoms. The minimum atomic E-state index is -0.497. The van der Waals surface area contributed by atoms with Gasteiger partial charge in [0.1, 0.15) is 6.61 Å². The lowest BCUT2D eigenvalue weighted by Gasteiger charge is -2.26. The zero-order chi connectivity index (χ0) is 15.0. The molecule has 0 aliphatic heterocycles. The fourth-order valence-corrected chi connectivity index (χ4v) is 3.05. The van der Waals surface area contributed by atoms with E-state index in [1.165, 1.54) is 9.75 Å². The normalized spacial score (nSPS) is 12.8. The number of hydrogen-bond donors (Lipinski definition) is 1. The molecule has 112 valence electrons. The Hall–Kier alpha value is -0.860. The molecule has 1 aromatic heterocycles. The Morgan fingerprint density at radius 2 is 2.15 bits per heavy atom. The van der Waals surface area contributed by atoms with Crippen LogP contribution in [0.2, 0.25) is 0 Å². The molecule has 1 atom stereocenters. The quantitative estimate of drug-likeness (QED) is 0.561. The van der Waals surface area contributed by atoms with Gasteiger partial charge in [-0.1, -0.05) is 19.8 Å². The van der Waals surface area contributed by atoms with Crippen molar-refractivity contribution in [3.05, 3.63) is 21.9 Å². The molecular weight excluding hydrogens is 270 g/mol. The number of rotatable bonds is 9. The first kappa shape index (κ1) is 17.2. The van der Waals surface area contributed by atoms with Gasteiger partial charge in [0, 0.05) is 29.4 Å². The fraction of sp³-hybridized carbons (Fsp3) is 0.625. The number of aliphatic hydroxyl groups is 1. The van der Waals surface area contributed by atoms with Crippen LogP contribution in [0.1, 0.15) is 23.6 Å². The van der Waals surface area contributed by atoms with Crippen molar-refractivity contribution in [1.29, 1.82) is 0 Å². The van der Waals surface area contributed by atoms with Crippen molar-refractivity contribution in [3.63, 3.8) is 0 Å². The van der Waals surface area contributed by atoms with Crippen molar-refractivity contribution in [2.75, 3.05) is 26.3 Å². The van der Waals surface area contributed by atoms with Gasteiger partial charge in [-0.3, -0.25) is 4.90 Å². The molecule has 0 bridgehead atoms. The van der Waals surface area contributed by atoms with Gasteiger partial charge in [-0.2, -0.15) is 0 Å². The second kappa shape index (κ2) is 9.15. The minimum Gasteiger partial charge on any atom is -0.389 e. The zero-order valence-electron chi connectivity index (χ0n) is 12.6. The SMILES string of the molecule is C#CCOCC(O)CN(Cc1ccc(C)s1)CC(C)C. The molecule has 0 amide bonds. The molecule has 1 unspecified atom stereocenters. The number of aryl methyl sites for hydroxylation is 1. The van der Waals surface area contributed by atoms with Crippen molar-refractivity contribution in [3.8, 4) is 12.3 Å². The monoisotopic (exact) mass is 295 g/mol. The molecule has 1 rings (SSSR count). The van der Waals surface area contributed by atoms with Crippen molar-refractivity contribution < 1.29 is 9.84 Å². The molecule has 0 aliphatic rings. The molecule has 0 spiro atoms. The van der Waals surface area contributed by atoms with E-state index in [9.17, 15) is 5.11 Å². The molecule has 0 fully saturated rings. The summed E-state index contributed by atoms with van der Waals surface area (Å²) in [6, 6.07) is 4.30. The van der Waals surface area contributed by atoms with Gasteiger partial charge in [0.15, 0.2) is 0 Å². The van der Waals surface area contributed by atoms with Crippen LogP contribution in [0.5, 0.6) is 0 Å². The first-order chi connectivity index (χ1) is 9.51. The summed E-state index contributed by atoms with van der Waals surface area (Å²) in [5, 5.41) is 10.0. The molecule has 1 aromatic rings. The fourth-order valence-electron chi connectivity index (χ4n) is 2.12. The number of nitrogens with zero attached hydrogens (tertiary/aromatic N) is 1. The Morgan fingerprint density at radius 1 is 1.40 bits per heavy atom. The van der Waals surface area contributed by atoms with Crippen LogP contribution in [0.25, 0.3) is 0 Å². The molecule has 0 aromatic carbocycles. The van der Waals surface area contributed by atoms with Crippen LogP contribution < -0.4 is 0 Å². The molecule has 0 saturated carbocycles. The maximum atomic E-state index is 10.0. The van der Waals surface area contributed by atoms with Crippen LogP contribution >= 0.6 is 11.3 Å². The number of aliphatic hydroxyl groups excluding tert-OH is 1. The van der Waals surface area contributed by atoms with Gasteiger partial charge in [0.25, 0.3) is 0 Å². The summed E-state index contributed by atoms with van der Waals surface area (Å²) < 4.78 is 5.19. The van der Waals surface area contributed by atoms with E-state index in [1.807, 2.05) is 11.3 Å². The first-order valence-electron chi connectivity index (χ1n) is 6.98. The van der Waals surface area contributed by atoms with E-state index in [-0.39, 0.29) is 6.61 Å². The largest absolute Gasteiger partial charge is 0.389 e. The van der Waals surface area contributed by atoms with Crippen LogP contribution in [-0.4, -0.2) is 42.4 Å². The predicted octanol–water partition coefficient (Wildman–Crippen LogP) is 2.53. The van der Waals surface area contributed by atoms with Gasteiger partial charge >= 0.3 is 0 Å². The molecule has 20 heavy (non-hydrogen) atoms. The topological polar surface area (TPSA) is 32.7 Å². The van der Waals surface area contributed by atoms with E-state index in [0.29, 0.717) is 19.1 Å². The third-order valence-corrected chi connectivity index (χ3v) is 3.75. The standard InChI is InChI=1S/C16H25NO2S/c1-5-8-19-12-15(18)10-17(9-13(2)3)11-16-7-6-14(4)20-16/h1,6-7,13,15,18H,8-12H2,2-4H3. The molecule has 0 saturated heterocycles. The third kappa shape index (κ3) is 7.06. The molecule has 1 heterocycles. The van der Waals surface area contributed by atoms with E-state index >= 15 is 0 Å². The highest BCUT2D eigenvalue weighted by Crippen LogP contribution is 2.18. The predicted molar refractivity (Wildman–Crippen MR) is 84.8 cm³/mol. The van der Waals surface area contributed by atoms with E-state index in [2.05, 4.69) is 43.7 Å². The Balaban J connectivity index is 2.49. The number of hydrogen-bond acceptors (Lipinski definition) is 4. The second-order valence-electron chi connectivity index (χ2n) is 5.47. The first-order valence-corrected chi connectivity index (χ1v) is 7.79. The third-order valence-electron chi connectivity index (χ3n) is 2.76. The summed E-state index contributed by atoms with van der Waals surface area (Å²) in [5.74, 6) is 2.97. The highest BCUT2D eigenvalue weighted by molar-refractivity contribution is 7.11. The molecule has 0 aliphatic carbocycles. The van der Waals surface area contributed by atoms with Crippen molar-refractivity contribution in [2.24, 2.45) is 5.92 Å². The van der Waals surface area contributed by atoms with Gasteiger partial charge in [0.05, 0.1) is 12.7 Å². The van der Waals surface area contributed by atoms with Crippen LogP contribution in [0.3, 0.4) is 0 Å². The van der Waals surface area contributed by atoms with E-state index in [0.717, 1.165) is 13.1 Å². The van der Waals surface area contributed by atoms with Crippen molar-refractivity contribution in [1.82, 2.24) is 4.90 Å². The van der Waals surface area contributed by atoms with Crippen LogP contribution in [0.4, 0.5) is 0 Å². The highest BCUT2D eigenvalue weighted by atomic mass is 32.1. The number of ether oxygens (including phenoxy) is 1. The van der Waals surface area contributed by atoms with Gasteiger partial charge in [-0.25, -0.2) is 0 Å². The average Bonchev–Trinajstić information content (AvgIpc) is 2.74. The average molecular weight is 295 g/mol. The lowest BCUT2D eigenvalue weighted by Crippen LogP contribution is -2.36. The number of thiophene rings is 1. The molecule has 1 N–H and O–H groups in total. The minimum absolute atomic E-state index is 0.255. The van der Waals surface area contributed by atoms with E-state index < -0.39 is 6.10 Å². The number of terminal acetylenes is 1. The second-order valence-corrected chi connectivity index (χ2v) is 6.85. The van der Waals surface area contributed by atoms with Gasteiger partial charge in [-0.05, 0) is 25.0 Å². The summed E-state index contributed by atoms with van der Waals surface area (Å²) in [4.78, 5) is 4.93. The Bertz CT molecular complexity index is 422. The Morgan fingerprint density at radius 3 is 2.70 bits per heavy atom. The smallest absolute Gasteiger partial charge is 0.107 e. The Kier molecular flexibility index (Phi) is 7.86. The summed E-state index contributed by atoms with van der Waals surface area (Å²) >= 11 is 1.81. The lowest BCUT2D eigenvalue weighted by molar-refractivity contribution is 0.0240. The summed E-state index contributed by atoms with van der Waals surface area (Å²) in [7, 11) is 0. The lowest BCUT2D eigenvalue weighted by atomic mass is 10.2. The molecular formula is C16H25NO2S. The van der Waals surface area contributed by atoms with Crippen molar-refractivity contribution in [2.45, 2.75) is 33.4 Å².